The van der Waals surface area contributed by atoms with Crippen LogP contribution in [0, 0.1) is 5.92 Å². The summed E-state index contributed by atoms with van der Waals surface area (Å²) in [7, 11) is 1.38. The molecule has 0 aromatic carbocycles. The normalized spacial score (nSPS) is 29.6. The smallest absolute Gasteiger partial charge is 0.305 e. The van der Waals surface area contributed by atoms with Gasteiger partial charge in [-0.25, -0.2) is 0 Å². The fourth-order valence-corrected chi connectivity index (χ4v) is 2.44. The Kier molecular flexibility index (Phi) is 4.33. The highest BCUT2D eigenvalue weighted by atomic mass is 16.6. The van der Waals surface area contributed by atoms with Crippen LogP contribution in [0.2, 0.25) is 0 Å². The Morgan fingerprint density at radius 1 is 1.38 bits per heavy atom. The molecule has 0 heterocycles. The number of hydrogen-bond acceptors (Lipinski definition) is 4. The summed E-state index contributed by atoms with van der Waals surface area (Å²) in [4.78, 5) is 22.4. The molecule has 4 heteroatoms. The maximum Gasteiger partial charge on any atom is 0.305 e. The van der Waals surface area contributed by atoms with Gasteiger partial charge in [0.2, 0.25) is 0 Å². The van der Waals surface area contributed by atoms with Gasteiger partial charge < -0.3 is 9.47 Å². The zero-order chi connectivity index (χ0) is 12.2. The second-order valence-electron chi connectivity index (χ2n) is 4.63. The Bertz CT molecular complexity index is 274. The molecule has 0 radical (unpaired) electrons. The van der Waals surface area contributed by atoms with E-state index in [1.165, 1.54) is 14.0 Å². The van der Waals surface area contributed by atoms with E-state index in [4.69, 9.17) is 4.74 Å². The van der Waals surface area contributed by atoms with E-state index in [2.05, 4.69) is 4.74 Å². The lowest BCUT2D eigenvalue weighted by atomic mass is 9.74. The first-order valence-corrected chi connectivity index (χ1v) is 5.74. The number of rotatable bonds is 3. The van der Waals surface area contributed by atoms with Crippen molar-refractivity contribution in [3.05, 3.63) is 0 Å². The summed E-state index contributed by atoms with van der Waals surface area (Å²) < 4.78 is 10.1. The van der Waals surface area contributed by atoms with Crippen molar-refractivity contribution in [2.45, 2.75) is 51.6 Å². The third-order valence-electron chi connectivity index (χ3n) is 3.36. The molecule has 1 aliphatic carbocycles. The van der Waals surface area contributed by atoms with Crippen LogP contribution < -0.4 is 0 Å². The highest BCUT2D eigenvalue weighted by Gasteiger charge is 2.40. The van der Waals surface area contributed by atoms with Gasteiger partial charge in [-0.3, -0.25) is 9.59 Å². The molecule has 2 atom stereocenters. The molecule has 0 aliphatic heterocycles. The van der Waals surface area contributed by atoms with Crippen LogP contribution in [0.3, 0.4) is 0 Å². The van der Waals surface area contributed by atoms with Crippen LogP contribution in [-0.4, -0.2) is 24.6 Å². The predicted molar refractivity (Wildman–Crippen MR) is 58.8 cm³/mol. The molecule has 0 saturated heterocycles. The summed E-state index contributed by atoms with van der Waals surface area (Å²) in [6.45, 7) is 3.33. The molecule has 1 rings (SSSR count). The molecule has 4 nitrogen and oxygen atoms in total. The SMILES string of the molecule is COC(=O)C[C@@H]1CCCC[C@@]1(C)OC(C)=O. The van der Waals surface area contributed by atoms with Crippen LogP contribution in [-0.2, 0) is 19.1 Å². The Morgan fingerprint density at radius 2 is 2.06 bits per heavy atom. The highest BCUT2D eigenvalue weighted by Crippen LogP contribution is 2.38. The van der Waals surface area contributed by atoms with Crippen LogP contribution in [0.5, 0.6) is 0 Å². The lowest BCUT2D eigenvalue weighted by Gasteiger charge is -2.40. The fraction of sp³-hybridized carbons (Fsp3) is 0.833. The van der Waals surface area contributed by atoms with E-state index in [1.807, 2.05) is 6.92 Å². The van der Waals surface area contributed by atoms with Gasteiger partial charge in [-0.1, -0.05) is 6.42 Å². The Morgan fingerprint density at radius 3 is 2.62 bits per heavy atom. The number of carbonyl (C=O) groups excluding carboxylic acids is 2. The molecular formula is C12H20O4. The number of esters is 2. The zero-order valence-corrected chi connectivity index (χ0v) is 10.2. The van der Waals surface area contributed by atoms with E-state index in [-0.39, 0.29) is 17.9 Å². The summed E-state index contributed by atoms with van der Waals surface area (Å²) in [6.07, 6.45) is 4.20. The van der Waals surface area contributed by atoms with Gasteiger partial charge in [0.05, 0.1) is 13.5 Å². The summed E-state index contributed by atoms with van der Waals surface area (Å²) in [5.41, 5.74) is -0.502. The van der Waals surface area contributed by atoms with E-state index in [0.717, 1.165) is 25.7 Å². The van der Waals surface area contributed by atoms with Gasteiger partial charge in [-0.05, 0) is 26.2 Å². The highest BCUT2D eigenvalue weighted by molar-refractivity contribution is 5.70. The minimum absolute atomic E-state index is 0.0811. The van der Waals surface area contributed by atoms with Crippen molar-refractivity contribution in [3.8, 4) is 0 Å². The predicted octanol–water partition coefficient (Wildman–Crippen LogP) is 2.06. The topological polar surface area (TPSA) is 52.6 Å². The molecule has 0 amide bonds. The second-order valence-corrected chi connectivity index (χ2v) is 4.63. The van der Waals surface area contributed by atoms with Crippen molar-refractivity contribution in [3.63, 3.8) is 0 Å². The van der Waals surface area contributed by atoms with Crippen LogP contribution >= 0.6 is 0 Å². The maximum atomic E-state index is 11.3. The molecule has 0 N–H and O–H groups in total. The molecule has 16 heavy (non-hydrogen) atoms. The standard InChI is InChI=1S/C12H20O4/c1-9(13)16-12(2)7-5-4-6-10(12)8-11(14)15-3/h10H,4-8H2,1-3H3/t10-,12+/m0/s1. The summed E-state index contributed by atoms with van der Waals surface area (Å²) in [6, 6.07) is 0. The van der Waals surface area contributed by atoms with Crippen molar-refractivity contribution >= 4 is 11.9 Å². The zero-order valence-electron chi connectivity index (χ0n) is 10.2. The van der Waals surface area contributed by atoms with Gasteiger partial charge in [0.1, 0.15) is 5.60 Å². The lowest BCUT2D eigenvalue weighted by Crippen LogP contribution is -2.42. The Balaban J connectivity index is 2.69. The molecule has 0 aromatic rings. The van der Waals surface area contributed by atoms with Gasteiger partial charge in [-0.15, -0.1) is 0 Å². The Hall–Kier alpha value is -1.06. The summed E-state index contributed by atoms with van der Waals surface area (Å²) >= 11 is 0. The van der Waals surface area contributed by atoms with Gasteiger partial charge in [-0.2, -0.15) is 0 Å². The quantitative estimate of drug-likeness (QED) is 0.694. The van der Waals surface area contributed by atoms with Crippen molar-refractivity contribution in [1.82, 2.24) is 0 Å². The third kappa shape index (κ3) is 3.22. The molecule has 0 aromatic heterocycles. The van der Waals surface area contributed by atoms with E-state index in [0.29, 0.717) is 6.42 Å². The number of methoxy groups -OCH3 is 1. The molecule has 1 saturated carbocycles. The van der Waals surface area contributed by atoms with E-state index < -0.39 is 5.60 Å². The van der Waals surface area contributed by atoms with Crippen molar-refractivity contribution < 1.29 is 19.1 Å². The Labute approximate surface area is 96.3 Å². The molecule has 1 fully saturated rings. The van der Waals surface area contributed by atoms with Gasteiger partial charge >= 0.3 is 11.9 Å². The summed E-state index contributed by atoms with van der Waals surface area (Å²) in [5.74, 6) is -0.429. The van der Waals surface area contributed by atoms with E-state index in [9.17, 15) is 9.59 Å². The third-order valence-corrected chi connectivity index (χ3v) is 3.36. The molecule has 92 valence electrons. The average Bonchev–Trinajstić information content (AvgIpc) is 2.20. The maximum absolute atomic E-state index is 11.3. The number of carbonyl (C=O) groups is 2. The van der Waals surface area contributed by atoms with Gasteiger partial charge in [0, 0.05) is 12.8 Å². The lowest BCUT2D eigenvalue weighted by molar-refractivity contribution is -0.169. The minimum Gasteiger partial charge on any atom is -0.469 e. The second kappa shape index (κ2) is 5.32. The van der Waals surface area contributed by atoms with Crippen molar-refractivity contribution in [1.29, 1.82) is 0 Å². The first-order valence-electron chi connectivity index (χ1n) is 5.74. The van der Waals surface area contributed by atoms with Crippen molar-refractivity contribution in [2.75, 3.05) is 7.11 Å². The van der Waals surface area contributed by atoms with E-state index in [1.54, 1.807) is 0 Å². The number of ether oxygens (including phenoxy) is 2. The average molecular weight is 228 g/mol. The first kappa shape index (κ1) is 13.0. The first-order chi connectivity index (χ1) is 7.48. The van der Waals surface area contributed by atoms with E-state index >= 15 is 0 Å². The number of hydrogen-bond donors (Lipinski definition) is 0. The van der Waals surface area contributed by atoms with Crippen LogP contribution in [0.15, 0.2) is 0 Å². The monoisotopic (exact) mass is 228 g/mol. The molecule has 0 spiro atoms. The van der Waals surface area contributed by atoms with Gasteiger partial charge in [0.15, 0.2) is 0 Å². The molecule has 0 unspecified atom stereocenters. The fourth-order valence-electron chi connectivity index (χ4n) is 2.44. The van der Waals surface area contributed by atoms with Crippen molar-refractivity contribution in [2.24, 2.45) is 5.92 Å². The molecule has 0 bridgehead atoms. The molecular weight excluding hydrogens is 208 g/mol. The van der Waals surface area contributed by atoms with Crippen LogP contribution in [0.25, 0.3) is 0 Å². The van der Waals surface area contributed by atoms with Crippen LogP contribution in [0.4, 0.5) is 0 Å². The summed E-state index contributed by atoms with van der Waals surface area (Å²) in [5, 5.41) is 0. The van der Waals surface area contributed by atoms with Crippen LogP contribution in [0.1, 0.15) is 46.0 Å². The van der Waals surface area contributed by atoms with Gasteiger partial charge in [0.25, 0.3) is 0 Å². The largest absolute Gasteiger partial charge is 0.469 e. The molecule has 1 aliphatic rings. The minimum atomic E-state index is -0.502.